The minimum absolute atomic E-state index is 0.337. The van der Waals surface area contributed by atoms with Gasteiger partial charge in [-0.3, -0.25) is 4.98 Å². The summed E-state index contributed by atoms with van der Waals surface area (Å²) < 4.78 is 5.39. The Labute approximate surface area is 91.9 Å². The molecule has 1 aromatic rings. The number of aromatic nitrogens is 1. The lowest BCUT2D eigenvalue weighted by molar-refractivity contribution is 0.135. The number of rotatable bonds is 7. The zero-order valence-corrected chi connectivity index (χ0v) is 9.57. The summed E-state index contributed by atoms with van der Waals surface area (Å²) in [5.41, 5.74) is 1.22. The molecule has 0 aromatic carbocycles. The summed E-state index contributed by atoms with van der Waals surface area (Å²) in [5, 5.41) is 3.39. The highest BCUT2D eigenvalue weighted by molar-refractivity contribution is 5.12. The van der Waals surface area contributed by atoms with Crippen molar-refractivity contribution in [1.82, 2.24) is 10.3 Å². The SMILES string of the molecule is CCCOCCN[C@H](C)c1cccnc1. The average Bonchev–Trinajstić information content (AvgIpc) is 2.30. The molecule has 0 amide bonds. The van der Waals surface area contributed by atoms with Crippen molar-refractivity contribution in [2.75, 3.05) is 19.8 Å². The van der Waals surface area contributed by atoms with Crippen molar-refractivity contribution in [1.29, 1.82) is 0 Å². The number of ether oxygens (including phenoxy) is 1. The monoisotopic (exact) mass is 208 g/mol. The van der Waals surface area contributed by atoms with Crippen molar-refractivity contribution in [3.05, 3.63) is 30.1 Å². The fourth-order valence-corrected chi connectivity index (χ4v) is 1.34. The molecule has 3 nitrogen and oxygen atoms in total. The van der Waals surface area contributed by atoms with Gasteiger partial charge >= 0.3 is 0 Å². The Balaban J connectivity index is 2.16. The molecule has 0 spiro atoms. The Morgan fingerprint density at radius 1 is 1.47 bits per heavy atom. The van der Waals surface area contributed by atoms with Crippen LogP contribution in [0.2, 0.25) is 0 Å². The van der Waals surface area contributed by atoms with Gasteiger partial charge in [0.15, 0.2) is 0 Å². The lowest BCUT2D eigenvalue weighted by Gasteiger charge is -2.13. The fourth-order valence-electron chi connectivity index (χ4n) is 1.34. The minimum Gasteiger partial charge on any atom is -0.380 e. The first-order chi connectivity index (χ1) is 7.34. The molecule has 1 aromatic heterocycles. The molecule has 1 heterocycles. The van der Waals surface area contributed by atoms with Crippen LogP contribution >= 0.6 is 0 Å². The Kier molecular flexibility index (Phi) is 5.97. The first-order valence-electron chi connectivity index (χ1n) is 5.55. The Hall–Kier alpha value is -0.930. The first kappa shape index (κ1) is 12.1. The van der Waals surface area contributed by atoms with E-state index < -0.39 is 0 Å². The lowest BCUT2D eigenvalue weighted by atomic mass is 10.1. The number of hydrogen-bond acceptors (Lipinski definition) is 3. The van der Waals surface area contributed by atoms with Crippen LogP contribution in [0.4, 0.5) is 0 Å². The lowest BCUT2D eigenvalue weighted by Crippen LogP contribution is -2.23. The third-order valence-corrected chi connectivity index (χ3v) is 2.23. The normalized spacial score (nSPS) is 12.7. The van der Waals surface area contributed by atoms with Gasteiger partial charge in [0, 0.05) is 31.6 Å². The van der Waals surface area contributed by atoms with Crippen LogP contribution in [0.1, 0.15) is 31.9 Å². The van der Waals surface area contributed by atoms with Crippen molar-refractivity contribution in [2.24, 2.45) is 0 Å². The summed E-state index contributed by atoms with van der Waals surface area (Å²) in [5.74, 6) is 0. The van der Waals surface area contributed by atoms with Crippen LogP contribution in [0, 0.1) is 0 Å². The van der Waals surface area contributed by atoms with E-state index in [9.17, 15) is 0 Å². The second-order valence-corrected chi connectivity index (χ2v) is 3.57. The van der Waals surface area contributed by atoms with Crippen LogP contribution in [-0.4, -0.2) is 24.7 Å². The molecule has 1 rings (SSSR count). The van der Waals surface area contributed by atoms with Crippen molar-refractivity contribution in [3.63, 3.8) is 0 Å². The number of hydrogen-bond donors (Lipinski definition) is 1. The van der Waals surface area contributed by atoms with E-state index in [0.717, 1.165) is 26.2 Å². The summed E-state index contributed by atoms with van der Waals surface area (Å²) in [4.78, 5) is 4.09. The van der Waals surface area contributed by atoms with Gasteiger partial charge in [-0.05, 0) is 25.0 Å². The molecule has 0 bridgehead atoms. The minimum atomic E-state index is 0.337. The molecule has 1 atom stereocenters. The highest BCUT2D eigenvalue weighted by Crippen LogP contribution is 2.08. The molecule has 0 aliphatic carbocycles. The highest BCUT2D eigenvalue weighted by atomic mass is 16.5. The van der Waals surface area contributed by atoms with Crippen LogP contribution < -0.4 is 5.32 Å². The predicted molar refractivity (Wildman–Crippen MR) is 61.8 cm³/mol. The van der Waals surface area contributed by atoms with Crippen LogP contribution in [0.25, 0.3) is 0 Å². The number of pyridine rings is 1. The van der Waals surface area contributed by atoms with Crippen molar-refractivity contribution in [2.45, 2.75) is 26.3 Å². The second kappa shape index (κ2) is 7.37. The van der Waals surface area contributed by atoms with Crippen LogP contribution in [0.5, 0.6) is 0 Å². The van der Waals surface area contributed by atoms with E-state index in [1.165, 1.54) is 5.56 Å². The quantitative estimate of drug-likeness (QED) is 0.697. The van der Waals surface area contributed by atoms with Gasteiger partial charge in [0.25, 0.3) is 0 Å². The predicted octanol–water partition coefficient (Wildman–Crippen LogP) is 2.16. The molecule has 84 valence electrons. The van der Waals surface area contributed by atoms with Gasteiger partial charge in [0.05, 0.1) is 6.61 Å². The molecule has 0 aliphatic heterocycles. The molecule has 0 aliphatic rings. The average molecular weight is 208 g/mol. The van der Waals surface area contributed by atoms with E-state index in [1.54, 1.807) is 6.20 Å². The standard InChI is InChI=1S/C12H20N2O/c1-3-8-15-9-7-14-11(2)12-5-4-6-13-10-12/h4-6,10-11,14H,3,7-9H2,1-2H3/t11-/m1/s1. The fraction of sp³-hybridized carbons (Fsp3) is 0.583. The highest BCUT2D eigenvalue weighted by Gasteiger charge is 2.02. The zero-order valence-electron chi connectivity index (χ0n) is 9.57. The number of nitrogens with zero attached hydrogens (tertiary/aromatic N) is 1. The molecular formula is C12H20N2O. The topological polar surface area (TPSA) is 34.1 Å². The van der Waals surface area contributed by atoms with E-state index >= 15 is 0 Å². The third kappa shape index (κ3) is 4.91. The molecule has 0 saturated carbocycles. The van der Waals surface area contributed by atoms with Crippen LogP contribution in [0.15, 0.2) is 24.5 Å². The maximum atomic E-state index is 5.39. The summed E-state index contributed by atoms with van der Waals surface area (Å²) in [6.07, 6.45) is 4.77. The largest absolute Gasteiger partial charge is 0.380 e. The summed E-state index contributed by atoms with van der Waals surface area (Å²) in [7, 11) is 0. The third-order valence-electron chi connectivity index (χ3n) is 2.23. The maximum absolute atomic E-state index is 5.39. The van der Waals surface area contributed by atoms with Crippen LogP contribution in [0.3, 0.4) is 0 Å². The molecule has 15 heavy (non-hydrogen) atoms. The van der Waals surface area contributed by atoms with Crippen molar-refractivity contribution in [3.8, 4) is 0 Å². The van der Waals surface area contributed by atoms with Gasteiger partial charge in [-0.15, -0.1) is 0 Å². The van der Waals surface area contributed by atoms with Gasteiger partial charge in [0.1, 0.15) is 0 Å². The molecule has 3 heteroatoms. The molecule has 0 unspecified atom stereocenters. The van der Waals surface area contributed by atoms with E-state index in [0.29, 0.717) is 6.04 Å². The van der Waals surface area contributed by atoms with Gasteiger partial charge < -0.3 is 10.1 Å². The first-order valence-corrected chi connectivity index (χ1v) is 5.55. The van der Waals surface area contributed by atoms with Crippen molar-refractivity contribution < 1.29 is 4.74 Å². The Morgan fingerprint density at radius 2 is 2.33 bits per heavy atom. The van der Waals surface area contributed by atoms with Gasteiger partial charge in [-0.2, -0.15) is 0 Å². The second-order valence-electron chi connectivity index (χ2n) is 3.57. The maximum Gasteiger partial charge on any atom is 0.0591 e. The summed E-state index contributed by atoms with van der Waals surface area (Å²) in [6, 6.07) is 4.38. The smallest absolute Gasteiger partial charge is 0.0591 e. The van der Waals surface area contributed by atoms with E-state index in [2.05, 4.69) is 30.2 Å². The molecule has 1 N–H and O–H groups in total. The summed E-state index contributed by atoms with van der Waals surface area (Å²) >= 11 is 0. The van der Waals surface area contributed by atoms with E-state index in [-0.39, 0.29) is 0 Å². The number of nitrogens with one attached hydrogen (secondary N) is 1. The van der Waals surface area contributed by atoms with E-state index in [1.807, 2.05) is 12.3 Å². The Bertz CT molecular complexity index is 251. The molecule has 0 saturated heterocycles. The van der Waals surface area contributed by atoms with Crippen molar-refractivity contribution >= 4 is 0 Å². The Morgan fingerprint density at radius 3 is 3.00 bits per heavy atom. The molecule has 0 fully saturated rings. The van der Waals surface area contributed by atoms with Gasteiger partial charge in [-0.25, -0.2) is 0 Å². The van der Waals surface area contributed by atoms with Gasteiger partial charge in [0.2, 0.25) is 0 Å². The summed E-state index contributed by atoms with van der Waals surface area (Å²) in [6.45, 7) is 6.76. The van der Waals surface area contributed by atoms with Crippen LogP contribution in [-0.2, 0) is 4.74 Å². The van der Waals surface area contributed by atoms with E-state index in [4.69, 9.17) is 4.74 Å². The molecule has 0 radical (unpaired) electrons. The van der Waals surface area contributed by atoms with Gasteiger partial charge in [-0.1, -0.05) is 13.0 Å². The molecular weight excluding hydrogens is 188 g/mol. The zero-order chi connectivity index (χ0) is 10.9.